The van der Waals surface area contributed by atoms with Crippen LogP contribution in [-0.2, 0) is 4.74 Å². The number of aliphatic hydroxyl groups excluding tert-OH is 1. The highest BCUT2D eigenvalue weighted by molar-refractivity contribution is 5.94. The molecule has 1 amide bonds. The molecule has 160 valence electrons. The molecule has 2 fully saturated rings. The van der Waals surface area contributed by atoms with Gasteiger partial charge in [-0.25, -0.2) is 8.78 Å². The molecule has 2 aliphatic rings. The number of ether oxygens (including phenoxy) is 2. The second-order valence-electron chi connectivity index (χ2n) is 7.57. The number of aliphatic hydroxyl groups is 1. The van der Waals surface area contributed by atoms with Crippen molar-refractivity contribution in [3.05, 3.63) is 65.7 Å². The molecule has 0 spiro atoms. The lowest BCUT2D eigenvalue weighted by Crippen LogP contribution is -2.56. The molecule has 0 unspecified atom stereocenters. The number of rotatable bonds is 5. The van der Waals surface area contributed by atoms with Crippen LogP contribution in [-0.4, -0.2) is 66.5 Å². The first-order chi connectivity index (χ1) is 14.5. The lowest BCUT2D eigenvalue weighted by Gasteiger charge is -2.37. The maximum atomic E-state index is 13.5. The summed E-state index contributed by atoms with van der Waals surface area (Å²) in [6.07, 6.45) is -1.19. The van der Waals surface area contributed by atoms with Crippen molar-refractivity contribution in [3.63, 3.8) is 0 Å². The molecule has 8 heteroatoms. The Morgan fingerprint density at radius 1 is 1.10 bits per heavy atom. The number of morpholine rings is 1. The lowest BCUT2D eigenvalue weighted by molar-refractivity contribution is -0.0350. The molecule has 0 aromatic heterocycles. The molecule has 0 bridgehead atoms. The Balaban J connectivity index is 1.53. The standard InChI is InChI=1S/C22H24F2N2O4/c23-15-4-1-3-14(11-15)22(28)25-18-13-19(30-17-6-2-5-16(24)12-17)21(27)20(18)26-7-9-29-10-8-26/h1-6,11-12,18-21,27H,7-10,13H2,(H,25,28)/t18-,19-,20+,21+/m1/s1. The summed E-state index contributed by atoms with van der Waals surface area (Å²) < 4.78 is 38.3. The van der Waals surface area contributed by atoms with E-state index in [4.69, 9.17) is 9.47 Å². The lowest BCUT2D eigenvalue weighted by atomic mass is 10.1. The minimum Gasteiger partial charge on any atom is -0.487 e. The van der Waals surface area contributed by atoms with Crippen LogP contribution >= 0.6 is 0 Å². The molecule has 2 N–H and O–H groups in total. The molecular formula is C22H24F2N2O4. The Morgan fingerprint density at radius 2 is 1.80 bits per heavy atom. The number of halogens is 2. The molecule has 30 heavy (non-hydrogen) atoms. The van der Waals surface area contributed by atoms with Crippen LogP contribution in [0.5, 0.6) is 5.75 Å². The molecule has 0 radical (unpaired) electrons. The molecule has 2 aromatic carbocycles. The van der Waals surface area contributed by atoms with Gasteiger partial charge in [0.2, 0.25) is 0 Å². The second-order valence-corrected chi connectivity index (χ2v) is 7.57. The quantitative estimate of drug-likeness (QED) is 0.777. The van der Waals surface area contributed by atoms with E-state index in [0.717, 1.165) is 0 Å². The number of benzene rings is 2. The topological polar surface area (TPSA) is 71.0 Å². The van der Waals surface area contributed by atoms with Crippen molar-refractivity contribution in [1.29, 1.82) is 0 Å². The minimum atomic E-state index is -0.899. The monoisotopic (exact) mass is 418 g/mol. The summed E-state index contributed by atoms with van der Waals surface area (Å²) >= 11 is 0. The summed E-state index contributed by atoms with van der Waals surface area (Å²) in [6.45, 7) is 2.29. The van der Waals surface area contributed by atoms with Crippen molar-refractivity contribution in [2.75, 3.05) is 26.3 Å². The van der Waals surface area contributed by atoms with Gasteiger partial charge in [0, 0.05) is 31.1 Å². The Labute approximate surface area is 173 Å². The van der Waals surface area contributed by atoms with Crippen molar-refractivity contribution >= 4 is 5.91 Å². The number of hydrogen-bond donors (Lipinski definition) is 2. The van der Waals surface area contributed by atoms with Gasteiger partial charge in [-0.2, -0.15) is 0 Å². The van der Waals surface area contributed by atoms with Crippen LogP contribution < -0.4 is 10.1 Å². The summed E-state index contributed by atoms with van der Waals surface area (Å²) in [7, 11) is 0. The van der Waals surface area contributed by atoms with Gasteiger partial charge in [0.25, 0.3) is 5.91 Å². The maximum absolute atomic E-state index is 13.5. The van der Waals surface area contributed by atoms with E-state index < -0.39 is 41.8 Å². The second kappa shape index (κ2) is 9.07. The zero-order chi connectivity index (χ0) is 21.1. The van der Waals surface area contributed by atoms with E-state index >= 15 is 0 Å². The Kier molecular flexibility index (Phi) is 6.26. The van der Waals surface area contributed by atoms with Crippen molar-refractivity contribution in [1.82, 2.24) is 10.2 Å². The van der Waals surface area contributed by atoms with Crippen molar-refractivity contribution in [3.8, 4) is 5.75 Å². The SMILES string of the molecule is O=C(N[C@@H]1C[C@@H](Oc2cccc(F)c2)[C@H](O)[C@H]1N1CCOCC1)c1cccc(F)c1. The Bertz CT molecular complexity index is 891. The fourth-order valence-electron chi connectivity index (χ4n) is 4.19. The summed E-state index contributed by atoms with van der Waals surface area (Å²) in [5.74, 6) is -1.03. The molecule has 1 saturated carbocycles. The highest BCUT2D eigenvalue weighted by Crippen LogP contribution is 2.30. The Hall–Kier alpha value is -2.55. The van der Waals surface area contributed by atoms with E-state index in [9.17, 15) is 18.7 Å². The summed E-state index contributed by atoms with van der Waals surface area (Å²) in [5, 5.41) is 13.9. The van der Waals surface area contributed by atoms with Gasteiger partial charge in [-0.3, -0.25) is 9.69 Å². The maximum Gasteiger partial charge on any atom is 0.251 e. The fraction of sp³-hybridized carbons (Fsp3) is 0.409. The van der Waals surface area contributed by atoms with Crippen LogP contribution in [0, 0.1) is 11.6 Å². The minimum absolute atomic E-state index is 0.208. The van der Waals surface area contributed by atoms with Crippen LogP contribution in [0.2, 0.25) is 0 Å². The number of hydrogen-bond acceptors (Lipinski definition) is 5. The summed E-state index contributed by atoms with van der Waals surface area (Å²) in [4.78, 5) is 14.8. The molecule has 4 atom stereocenters. The van der Waals surface area contributed by atoms with E-state index in [2.05, 4.69) is 10.2 Å². The molecular weight excluding hydrogens is 394 g/mol. The van der Waals surface area contributed by atoms with Crippen LogP contribution in [0.25, 0.3) is 0 Å². The number of carbonyl (C=O) groups excluding carboxylic acids is 1. The largest absolute Gasteiger partial charge is 0.487 e. The highest BCUT2D eigenvalue weighted by atomic mass is 19.1. The van der Waals surface area contributed by atoms with E-state index in [1.54, 1.807) is 6.07 Å². The number of carbonyl (C=O) groups is 1. The molecule has 1 heterocycles. The van der Waals surface area contributed by atoms with E-state index in [1.165, 1.54) is 42.5 Å². The first-order valence-electron chi connectivity index (χ1n) is 10.00. The van der Waals surface area contributed by atoms with Gasteiger partial charge >= 0.3 is 0 Å². The van der Waals surface area contributed by atoms with Gasteiger partial charge in [-0.1, -0.05) is 12.1 Å². The van der Waals surface area contributed by atoms with Crippen molar-refractivity contribution < 1.29 is 28.2 Å². The first-order valence-corrected chi connectivity index (χ1v) is 10.00. The summed E-state index contributed by atoms with van der Waals surface area (Å²) in [5.41, 5.74) is 0.208. The fourth-order valence-corrected chi connectivity index (χ4v) is 4.19. The van der Waals surface area contributed by atoms with Gasteiger partial charge in [-0.05, 0) is 30.3 Å². The average Bonchev–Trinajstić information content (AvgIpc) is 3.03. The van der Waals surface area contributed by atoms with Gasteiger partial charge in [-0.15, -0.1) is 0 Å². The average molecular weight is 418 g/mol. The van der Waals surface area contributed by atoms with E-state index in [-0.39, 0.29) is 5.56 Å². The molecule has 4 rings (SSSR count). The van der Waals surface area contributed by atoms with Crippen molar-refractivity contribution in [2.45, 2.75) is 30.7 Å². The highest BCUT2D eigenvalue weighted by Gasteiger charge is 2.47. The van der Waals surface area contributed by atoms with Crippen molar-refractivity contribution in [2.24, 2.45) is 0 Å². The predicted octanol–water partition coefficient (Wildman–Crippen LogP) is 1.98. The Morgan fingerprint density at radius 3 is 2.50 bits per heavy atom. The normalized spacial score (nSPS) is 27.0. The predicted molar refractivity (Wildman–Crippen MR) is 105 cm³/mol. The van der Waals surface area contributed by atoms with Gasteiger partial charge < -0.3 is 19.9 Å². The van der Waals surface area contributed by atoms with Gasteiger partial charge in [0.05, 0.1) is 25.3 Å². The molecule has 2 aromatic rings. The van der Waals surface area contributed by atoms with Crippen LogP contribution in [0.4, 0.5) is 8.78 Å². The molecule has 1 aliphatic heterocycles. The first kappa shape index (κ1) is 20.7. The third-order valence-electron chi connectivity index (χ3n) is 5.58. The number of nitrogens with zero attached hydrogens (tertiary/aromatic N) is 1. The van der Waals surface area contributed by atoms with Gasteiger partial charge in [0.1, 0.15) is 29.6 Å². The zero-order valence-electron chi connectivity index (χ0n) is 16.3. The smallest absolute Gasteiger partial charge is 0.251 e. The zero-order valence-corrected chi connectivity index (χ0v) is 16.3. The van der Waals surface area contributed by atoms with Crippen LogP contribution in [0.3, 0.4) is 0 Å². The molecule has 6 nitrogen and oxygen atoms in total. The third-order valence-corrected chi connectivity index (χ3v) is 5.58. The van der Waals surface area contributed by atoms with E-state index in [0.29, 0.717) is 38.5 Å². The number of nitrogens with one attached hydrogen (secondary N) is 1. The molecule has 1 aliphatic carbocycles. The summed E-state index contributed by atoms with van der Waals surface area (Å²) in [6, 6.07) is 10.4. The van der Waals surface area contributed by atoms with E-state index in [1.807, 2.05) is 0 Å². The van der Waals surface area contributed by atoms with Crippen LogP contribution in [0.15, 0.2) is 48.5 Å². The number of amides is 1. The molecule has 1 saturated heterocycles. The third kappa shape index (κ3) is 4.61. The van der Waals surface area contributed by atoms with Gasteiger partial charge in [0.15, 0.2) is 0 Å². The van der Waals surface area contributed by atoms with Crippen LogP contribution in [0.1, 0.15) is 16.8 Å².